The summed E-state index contributed by atoms with van der Waals surface area (Å²) in [6.45, 7) is 0. The topological polar surface area (TPSA) is 47.0 Å². The number of hydrogen-bond acceptors (Lipinski definition) is 3. The molecule has 1 aliphatic rings. The highest BCUT2D eigenvalue weighted by Crippen LogP contribution is 2.48. The summed E-state index contributed by atoms with van der Waals surface area (Å²) in [7, 11) is -3.23. The van der Waals surface area contributed by atoms with E-state index in [0.717, 1.165) is 0 Å². The number of benzene rings is 1. The van der Waals surface area contributed by atoms with E-state index in [0.29, 0.717) is 15.8 Å². The average molecular weight is 226 g/mol. The van der Waals surface area contributed by atoms with Crippen LogP contribution in [0.1, 0.15) is 0 Å². The molecule has 1 aliphatic heterocycles. The van der Waals surface area contributed by atoms with Crippen LogP contribution in [0.25, 0.3) is 10.9 Å². The summed E-state index contributed by atoms with van der Waals surface area (Å²) < 4.78 is 22.9. The van der Waals surface area contributed by atoms with Crippen molar-refractivity contribution in [3.8, 4) is 0 Å². The second-order valence-electron chi connectivity index (χ2n) is 3.08. The zero-order valence-electron chi connectivity index (χ0n) is 6.86. The molecule has 0 radical (unpaired) electrons. The maximum absolute atomic E-state index is 11.4. The summed E-state index contributed by atoms with van der Waals surface area (Å²) in [6.07, 6.45) is 0. The van der Waals surface area contributed by atoms with Gasteiger partial charge in [0.15, 0.2) is 0 Å². The van der Waals surface area contributed by atoms with E-state index < -0.39 is 9.84 Å². The molecule has 0 saturated carbocycles. The first-order valence-corrected chi connectivity index (χ1v) is 5.82. The van der Waals surface area contributed by atoms with Crippen LogP contribution >= 0.6 is 11.6 Å². The zero-order valence-corrected chi connectivity index (χ0v) is 8.43. The Bertz CT molecular complexity index is 664. The van der Waals surface area contributed by atoms with Crippen LogP contribution in [0.2, 0.25) is 5.15 Å². The summed E-state index contributed by atoms with van der Waals surface area (Å²) in [4.78, 5) is 4.54. The lowest BCUT2D eigenvalue weighted by Gasteiger charge is -1.92. The van der Waals surface area contributed by atoms with Gasteiger partial charge in [-0.3, -0.25) is 0 Å². The van der Waals surface area contributed by atoms with E-state index in [1.807, 2.05) is 0 Å². The quantitative estimate of drug-likeness (QED) is 0.435. The minimum Gasteiger partial charge on any atom is -0.235 e. The van der Waals surface area contributed by atoms with E-state index in [9.17, 15) is 8.42 Å². The van der Waals surface area contributed by atoms with Crippen LogP contribution in [0.15, 0.2) is 34.1 Å². The molecule has 2 heterocycles. The van der Waals surface area contributed by atoms with Crippen molar-refractivity contribution in [1.82, 2.24) is 4.98 Å². The van der Waals surface area contributed by atoms with Gasteiger partial charge in [-0.05, 0) is 6.07 Å². The molecule has 1 aromatic carbocycles. The number of fused-ring (bicyclic) bond motifs is 3. The first-order chi connectivity index (χ1) is 6.62. The predicted octanol–water partition coefficient (Wildman–Crippen LogP) is 2.03. The van der Waals surface area contributed by atoms with Crippen molar-refractivity contribution in [3.63, 3.8) is 0 Å². The van der Waals surface area contributed by atoms with Crippen molar-refractivity contribution in [1.29, 1.82) is 0 Å². The van der Waals surface area contributed by atoms with Crippen LogP contribution < -0.4 is 0 Å². The molecule has 0 spiro atoms. The van der Waals surface area contributed by atoms with E-state index in [2.05, 4.69) is 4.98 Å². The van der Waals surface area contributed by atoms with Gasteiger partial charge in [0.25, 0.3) is 0 Å². The van der Waals surface area contributed by atoms with Gasteiger partial charge >= 0.3 is 0 Å². The molecule has 0 amide bonds. The molecule has 0 bridgehead atoms. The molecule has 2 aromatic rings. The molecule has 0 N–H and O–H groups in total. The van der Waals surface area contributed by atoms with Gasteiger partial charge < -0.3 is 0 Å². The normalized spacial score (nSPS) is 16.6. The fourth-order valence-electron chi connectivity index (χ4n) is 1.59. The third-order valence-electron chi connectivity index (χ3n) is 2.26. The Morgan fingerprint density at radius 2 is 1.86 bits per heavy atom. The van der Waals surface area contributed by atoms with Gasteiger partial charge in [0.1, 0.15) is 14.9 Å². The fourth-order valence-corrected chi connectivity index (χ4v) is 3.66. The van der Waals surface area contributed by atoms with Crippen molar-refractivity contribution in [2.45, 2.75) is 9.79 Å². The van der Waals surface area contributed by atoms with Crippen LogP contribution in [0, 0.1) is 0 Å². The summed E-state index contributed by atoms with van der Waals surface area (Å²) >= 11 is 5.73. The third kappa shape index (κ3) is 0.823. The van der Waals surface area contributed by atoms with Crippen LogP contribution in [-0.4, -0.2) is 13.4 Å². The lowest BCUT2D eigenvalue weighted by molar-refractivity contribution is 0.612. The number of nitrogens with zero attached hydrogens (tertiary/aromatic N) is 1. The molecule has 0 atom stereocenters. The summed E-state index contributed by atoms with van der Waals surface area (Å²) in [5, 5.41) is 0.741. The smallest absolute Gasteiger partial charge is 0.213 e. The molecule has 3 nitrogen and oxygen atoms in total. The Labute approximate surface area is 85.3 Å². The van der Waals surface area contributed by atoms with Crippen molar-refractivity contribution in [2.75, 3.05) is 0 Å². The maximum atomic E-state index is 11.4. The van der Waals surface area contributed by atoms with Crippen LogP contribution in [0.3, 0.4) is 0 Å². The highest BCUT2D eigenvalue weighted by Gasteiger charge is 2.45. The molecule has 1 aromatic heterocycles. The Balaban J connectivity index is 2.60. The van der Waals surface area contributed by atoms with E-state index in [1.54, 1.807) is 24.3 Å². The van der Waals surface area contributed by atoms with Crippen molar-refractivity contribution in [3.05, 3.63) is 29.4 Å². The zero-order chi connectivity index (χ0) is 9.92. The van der Waals surface area contributed by atoms with Gasteiger partial charge in [-0.25, -0.2) is 13.4 Å². The van der Waals surface area contributed by atoms with E-state index in [4.69, 9.17) is 11.6 Å². The first-order valence-electron chi connectivity index (χ1n) is 3.96. The number of para-hydroxylation sites is 1. The average Bonchev–Trinajstić information content (AvgIpc) is 2.71. The van der Waals surface area contributed by atoms with Crippen molar-refractivity contribution in [2.24, 2.45) is 0 Å². The number of halogens is 1. The lowest BCUT2D eigenvalue weighted by Crippen LogP contribution is -1.76. The molecule has 14 heavy (non-hydrogen) atoms. The molecule has 0 unspecified atom stereocenters. The monoisotopic (exact) mass is 225 g/mol. The van der Waals surface area contributed by atoms with Gasteiger partial charge in [0, 0.05) is 5.39 Å². The number of sulfone groups is 1. The standard InChI is InChI=1S/C9H4ClNO2S/c10-9-8-7(14(8,12)13)5-3-1-2-4-6(5)11-9/h1-4H. The second-order valence-corrected chi connectivity index (χ2v) is 5.26. The Hall–Kier alpha value is -1.13. The Morgan fingerprint density at radius 3 is 2.64 bits per heavy atom. The molecule has 0 saturated heterocycles. The molecule has 70 valence electrons. The van der Waals surface area contributed by atoms with E-state index in [1.165, 1.54) is 0 Å². The van der Waals surface area contributed by atoms with Crippen molar-refractivity contribution < 1.29 is 8.42 Å². The van der Waals surface area contributed by atoms with Crippen molar-refractivity contribution >= 4 is 32.3 Å². The summed E-state index contributed by atoms with van der Waals surface area (Å²) in [5.74, 6) is 0. The van der Waals surface area contributed by atoms with Gasteiger partial charge in [-0.15, -0.1) is 0 Å². The number of rotatable bonds is 0. The first kappa shape index (κ1) is 8.20. The second kappa shape index (κ2) is 2.27. The van der Waals surface area contributed by atoms with E-state index >= 15 is 0 Å². The number of aromatic nitrogens is 1. The lowest BCUT2D eigenvalue weighted by atomic mass is 10.2. The Kier molecular flexibility index (Phi) is 1.33. The Morgan fingerprint density at radius 1 is 1.14 bits per heavy atom. The largest absolute Gasteiger partial charge is 0.235 e. The van der Waals surface area contributed by atoms with Gasteiger partial charge in [-0.1, -0.05) is 29.8 Å². The van der Waals surface area contributed by atoms with Crippen LogP contribution in [0.5, 0.6) is 0 Å². The van der Waals surface area contributed by atoms with Crippen LogP contribution in [0.4, 0.5) is 0 Å². The summed E-state index contributed by atoms with van der Waals surface area (Å²) in [6, 6.07) is 7.07. The summed E-state index contributed by atoms with van der Waals surface area (Å²) in [5.41, 5.74) is 0.623. The molecule has 0 fully saturated rings. The fraction of sp³-hybridized carbons (Fsp3) is 0. The van der Waals surface area contributed by atoms with Gasteiger partial charge in [0.05, 0.1) is 5.52 Å². The SMILES string of the molecule is O=S1(=O)c2c(Cl)nc3ccccc3c21. The molecule has 3 rings (SSSR count). The highest BCUT2D eigenvalue weighted by atomic mass is 35.5. The molecular weight excluding hydrogens is 222 g/mol. The number of pyridine rings is 1. The van der Waals surface area contributed by atoms with Gasteiger partial charge in [0.2, 0.25) is 9.84 Å². The molecular formula is C9H4ClNO2S. The third-order valence-corrected chi connectivity index (χ3v) is 4.33. The van der Waals surface area contributed by atoms with E-state index in [-0.39, 0.29) is 10.0 Å². The number of hydrogen-bond donors (Lipinski definition) is 0. The predicted molar refractivity (Wildman–Crippen MR) is 52.2 cm³/mol. The molecule has 5 heteroatoms. The van der Waals surface area contributed by atoms with Gasteiger partial charge in [-0.2, -0.15) is 0 Å². The molecule has 0 aliphatic carbocycles. The minimum atomic E-state index is -3.23. The minimum absolute atomic E-state index is 0.0821. The van der Waals surface area contributed by atoms with Crippen LogP contribution in [-0.2, 0) is 9.84 Å². The maximum Gasteiger partial charge on any atom is 0.213 e. The highest BCUT2D eigenvalue weighted by molar-refractivity contribution is 7.97.